The van der Waals surface area contributed by atoms with Crippen molar-refractivity contribution < 1.29 is 14.3 Å². The van der Waals surface area contributed by atoms with Crippen LogP contribution in [0, 0.1) is 12.8 Å². The number of hydrogen-bond acceptors (Lipinski definition) is 3. The number of benzene rings is 2. The quantitative estimate of drug-likeness (QED) is 0.685. The van der Waals surface area contributed by atoms with Crippen LogP contribution in [-0.2, 0) is 16.0 Å². The Morgan fingerprint density at radius 3 is 2.58 bits per heavy atom. The molecule has 5 nitrogen and oxygen atoms in total. The highest BCUT2D eigenvalue weighted by Crippen LogP contribution is 2.37. The molecule has 1 N–H and O–H groups in total. The highest BCUT2D eigenvalue weighted by atomic mass is 16.5. The maximum Gasteiger partial charge on any atom is 0.257 e. The molecule has 2 amide bonds. The summed E-state index contributed by atoms with van der Waals surface area (Å²) < 4.78 is 5.78. The molecule has 0 spiro atoms. The third kappa shape index (κ3) is 5.87. The Morgan fingerprint density at radius 2 is 1.90 bits per heavy atom. The van der Waals surface area contributed by atoms with Crippen molar-refractivity contribution in [3.8, 4) is 5.75 Å². The van der Waals surface area contributed by atoms with Crippen molar-refractivity contribution in [1.29, 1.82) is 0 Å². The van der Waals surface area contributed by atoms with Crippen LogP contribution in [0.25, 0.3) is 0 Å². The van der Waals surface area contributed by atoms with Gasteiger partial charge in [-0.25, -0.2) is 0 Å². The first-order chi connectivity index (χ1) is 14.9. The van der Waals surface area contributed by atoms with Crippen molar-refractivity contribution in [2.45, 2.75) is 53.0 Å². The third-order valence-electron chi connectivity index (χ3n) is 5.58. The van der Waals surface area contributed by atoms with Gasteiger partial charge in [0.15, 0.2) is 6.61 Å². The van der Waals surface area contributed by atoms with Crippen molar-refractivity contribution in [3.05, 3.63) is 64.7 Å². The Bertz CT molecular complexity index is 905. The molecule has 166 valence electrons. The van der Waals surface area contributed by atoms with Gasteiger partial charge in [0.2, 0.25) is 5.91 Å². The molecule has 3 rings (SSSR count). The van der Waals surface area contributed by atoms with Gasteiger partial charge in [0.05, 0.1) is 6.04 Å². The lowest BCUT2D eigenvalue weighted by Gasteiger charge is -2.38. The smallest absolute Gasteiger partial charge is 0.257 e. The van der Waals surface area contributed by atoms with Crippen LogP contribution >= 0.6 is 0 Å². The average Bonchev–Trinajstić information content (AvgIpc) is 2.75. The Hall–Kier alpha value is -2.82. The number of ether oxygens (including phenoxy) is 1. The fraction of sp³-hybridized carbons (Fsp3) is 0.462. The SMILES string of the molecule is CCCNC(=O)COc1ccc2c(c1)C(c1ccc(C)cc1)N(C(=O)CC(C)C)CC2. The third-order valence-corrected chi connectivity index (χ3v) is 5.58. The minimum atomic E-state index is -0.145. The summed E-state index contributed by atoms with van der Waals surface area (Å²) in [5.41, 5.74) is 4.59. The van der Waals surface area contributed by atoms with Gasteiger partial charge in [0.1, 0.15) is 5.75 Å². The number of carbonyl (C=O) groups excluding carboxylic acids is 2. The van der Waals surface area contributed by atoms with E-state index in [0.29, 0.717) is 31.2 Å². The lowest BCUT2D eigenvalue weighted by atomic mass is 9.87. The average molecular weight is 423 g/mol. The summed E-state index contributed by atoms with van der Waals surface area (Å²) >= 11 is 0. The van der Waals surface area contributed by atoms with Crippen molar-refractivity contribution in [3.63, 3.8) is 0 Å². The fourth-order valence-electron chi connectivity index (χ4n) is 3.99. The fourth-order valence-corrected chi connectivity index (χ4v) is 3.99. The lowest BCUT2D eigenvalue weighted by Crippen LogP contribution is -2.41. The molecule has 1 aliphatic heterocycles. The maximum atomic E-state index is 13.1. The van der Waals surface area contributed by atoms with Gasteiger partial charge in [-0.05, 0) is 54.5 Å². The predicted octanol–water partition coefficient (Wildman–Crippen LogP) is 4.42. The maximum absolute atomic E-state index is 13.1. The van der Waals surface area contributed by atoms with Gasteiger partial charge in [-0.15, -0.1) is 0 Å². The van der Waals surface area contributed by atoms with Crippen LogP contribution in [0.15, 0.2) is 42.5 Å². The Labute approximate surface area is 185 Å². The number of rotatable bonds is 8. The summed E-state index contributed by atoms with van der Waals surface area (Å²) in [5, 5.41) is 2.83. The van der Waals surface area contributed by atoms with Crippen molar-refractivity contribution >= 4 is 11.8 Å². The molecule has 0 saturated carbocycles. The van der Waals surface area contributed by atoms with E-state index in [0.717, 1.165) is 24.0 Å². The number of fused-ring (bicyclic) bond motifs is 1. The van der Waals surface area contributed by atoms with Crippen molar-refractivity contribution in [2.24, 2.45) is 5.92 Å². The highest BCUT2D eigenvalue weighted by Gasteiger charge is 2.32. The van der Waals surface area contributed by atoms with Crippen molar-refractivity contribution in [2.75, 3.05) is 19.7 Å². The van der Waals surface area contributed by atoms with Gasteiger partial charge in [-0.3, -0.25) is 9.59 Å². The molecule has 1 atom stereocenters. The topological polar surface area (TPSA) is 58.6 Å². The molecular weight excluding hydrogens is 388 g/mol. The van der Waals surface area contributed by atoms with E-state index < -0.39 is 0 Å². The summed E-state index contributed by atoms with van der Waals surface area (Å²) in [4.78, 5) is 27.1. The van der Waals surface area contributed by atoms with Crippen LogP contribution in [-0.4, -0.2) is 36.4 Å². The number of nitrogens with one attached hydrogen (secondary N) is 1. The molecule has 2 aromatic carbocycles. The van der Waals surface area contributed by atoms with Gasteiger partial charge in [0.25, 0.3) is 5.91 Å². The minimum absolute atomic E-state index is 0.00994. The molecule has 2 aromatic rings. The number of carbonyl (C=O) groups is 2. The second-order valence-corrected chi connectivity index (χ2v) is 8.75. The highest BCUT2D eigenvalue weighted by molar-refractivity contribution is 5.78. The van der Waals surface area contributed by atoms with E-state index in [1.54, 1.807) is 0 Å². The van der Waals surface area contributed by atoms with Crippen LogP contribution in [0.1, 0.15) is 61.9 Å². The van der Waals surface area contributed by atoms with E-state index in [-0.39, 0.29) is 24.5 Å². The van der Waals surface area contributed by atoms with Crippen LogP contribution in [0.3, 0.4) is 0 Å². The molecule has 1 heterocycles. The van der Waals surface area contributed by atoms with E-state index in [9.17, 15) is 9.59 Å². The van der Waals surface area contributed by atoms with Crippen LogP contribution in [0.2, 0.25) is 0 Å². The molecule has 0 radical (unpaired) electrons. The van der Waals surface area contributed by atoms with Gasteiger partial charge < -0.3 is 15.0 Å². The molecule has 1 unspecified atom stereocenters. The molecule has 0 bridgehead atoms. The van der Waals surface area contributed by atoms with Gasteiger partial charge in [-0.1, -0.05) is 56.7 Å². The molecule has 0 fully saturated rings. The van der Waals surface area contributed by atoms with Crippen LogP contribution in [0.5, 0.6) is 5.75 Å². The summed E-state index contributed by atoms with van der Waals surface area (Å²) in [7, 11) is 0. The second kappa shape index (κ2) is 10.5. The predicted molar refractivity (Wildman–Crippen MR) is 123 cm³/mol. The Kier molecular flexibility index (Phi) is 7.72. The Morgan fingerprint density at radius 1 is 1.16 bits per heavy atom. The molecular formula is C26H34N2O3. The first-order valence-electron chi connectivity index (χ1n) is 11.3. The van der Waals surface area contributed by atoms with E-state index in [4.69, 9.17) is 4.74 Å². The van der Waals surface area contributed by atoms with E-state index in [1.165, 1.54) is 11.1 Å². The first kappa shape index (κ1) is 22.9. The van der Waals surface area contributed by atoms with E-state index >= 15 is 0 Å². The number of hydrogen-bond donors (Lipinski definition) is 1. The normalized spacial score (nSPS) is 15.5. The number of nitrogens with zero attached hydrogens (tertiary/aromatic N) is 1. The largest absolute Gasteiger partial charge is 0.484 e. The second-order valence-electron chi connectivity index (χ2n) is 8.75. The summed E-state index contributed by atoms with van der Waals surface area (Å²) in [6, 6.07) is 14.2. The zero-order chi connectivity index (χ0) is 22.4. The molecule has 31 heavy (non-hydrogen) atoms. The van der Waals surface area contributed by atoms with Gasteiger partial charge in [-0.2, -0.15) is 0 Å². The minimum Gasteiger partial charge on any atom is -0.484 e. The molecule has 5 heteroatoms. The monoisotopic (exact) mass is 422 g/mol. The van der Waals surface area contributed by atoms with Gasteiger partial charge in [0, 0.05) is 19.5 Å². The first-order valence-corrected chi connectivity index (χ1v) is 11.3. The molecule has 0 aromatic heterocycles. The van der Waals surface area contributed by atoms with E-state index in [1.807, 2.05) is 24.0 Å². The Balaban J connectivity index is 1.91. The molecule has 0 aliphatic carbocycles. The van der Waals surface area contributed by atoms with Crippen LogP contribution < -0.4 is 10.1 Å². The molecule has 0 saturated heterocycles. The number of aryl methyl sites for hydroxylation is 1. The summed E-state index contributed by atoms with van der Waals surface area (Å²) in [6.07, 6.45) is 2.24. The number of amides is 2. The zero-order valence-electron chi connectivity index (χ0n) is 19.1. The van der Waals surface area contributed by atoms with Crippen LogP contribution in [0.4, 0.5) is 0 Å². The van der Waals surface area contributed by atoms with Crippen molar-refractivity contribution in [1.82, 2.24) is 10.2 Å². The molecule has 1 aliphatic rings. The lowest BCUT2D eigenvalue weighted by molar-refractivity contribution is -0.134. The van der Waals surface area contributed by atoms with Gasteiger partial charge >= 0.3 is 0 Å². The zero-order valence-corrected chi connectivity index (χ0v) is 19.1. The van der Waals surface area contributed by atoms with E-state index in [2.05, 4.69) is 56.4 Å². The summed E-state index contributed by atoms with van der Waals surface area (Å²) in [5.74, 6) is 1.02. The standard InChI is InChI=1S/C26H34N2O3/c1-5-13-27-24(29)17-31-22-11-10-20-12-14-28(25(30)15-18(2)3)26(23(20)16-22)21-8-6-19(4)7-9-21/h6-11,16,18,26H,5,12-15,17H2,1-4H3,(H,27,29). The summed E-state index contributed by atoms with van der Waals surface area (Å²) in [6.45, 7) is 9.58.